The number of fused-ring (bicyclic) bond motifs is 5. The zero-order chi connectivity index (χ0) is 23.7. The number of aromatic nitrogens is 2. The number of hydrogen-bond donors (Lipinski definition) is 2. The first-order chi connectivity index (χ1) is 16.5. The molecule has 1 saturated carbocycles. The summed E-state index contributed by atoms with van der Waals surface area (Å²) in [5, 5.41) is 7.56. The zero-order valence-corrected chi connectivity index (χ0v) is 20.3. The van der Waals surface area contributed by atoms with Gasteiger partial charge in [-0.05, 0) is 36.8 Å². The Hall–Kier alpha value is -2.74. The smallest absolute Gasteiger partial charge is 0.244 e. The van der Waals surface area contributed by atoms with E-state index in [0.717, 1.165) is 29.6 Å². The van der Waals surface area contributed by atoms with Crippen LogP contribution < -0.4 is 10.6 Å². The van der Waals surface area contributed by atoms with E-state index in [1.807, 2.05) is 43.0 Å². The SMILES string of the molecule is CC(C)[C@@H]1Nc2nc(nc3ccccc23)CN2CCN(C(=O)CC3CCCCC3)CC2NC1=O. The van der Waals surface area contributed by atoms with Crippen molar-refractivity contribution in [1.29, 1.82) is 0 Å². The summed E-state index contributed by atoms with van der Waals surface area (Å²) in [5.41, 5.74) is 0.872. The molecule has 8 nitrogen and oxygen atoms in total. The fraction of sp³-hybridized carbons (Fsp3) is 0.615. The molecule has 182 valence electrons. The Morgan fingerprint density at radius 2 is 1.88 bits per heavy atom. The van der Waals surface area contributed by atoms with Crippen LogP contribution >= 0.6 is 0 Å². The lowest BCUT2D eigenvalue weighted by Crippen LogP contribution is -2.63. The minimum absolute atomic E-state index is 0.0577. The summed E-state index contributed by atoms with van der Waals surface area (Å²) >= 11 is 0. The number of benzene rings is 1. The minimum Gasteiger partial charge on any atom is -0.358 e. The predicted molar refractivity (Wildman–Crippen MR) is 132 cm³/mol. The first-order valence-corrected chi connectivity index (χ1v) is 12.8. The monoisotopic (exact) mass is 464 g/mol. The number of hydrogen-bond acceptors (Lipinski definition) is 6. The van der Waals surface area contributed by atoms with E-state index in [4.69, 9.17) is 9.97 Å². The number of piperazine rings is 1. The lowest BCUT2D eigenvalue weighted by Gasteiger charge is -2.42. The zero-order valence-electron chi connectivity index (χ0n) is 20.3. The van der Waals surface area contributed by atoms with Crippen LogP contribution in [0.1, 0.15) is 58.2 Å². The van der Waals surface area contributed by atoms with Gasteiger partial charge in [0.25, 0.3) is 0 Å². The average molecular weight is 465 g/mol. The van der Waals surface area contributed by atoms with Crippen molar-refractivity contribution in [3.05, 3.63) is 30.1 Å². The number of nitrogens with zero attached hydrogens (tertiary/aromatic N) is 4. The molecule has 2 N–H and O–H groups in total. The Morgan fingerprint density at radius 3 is 2.68 bits per heavy atom. The molecule has 34 heavy (non-hydrogen) atoms. The van der Waals surface area contributed by atoms with Crippen LogP contribution in [0.2, 0.25) is 0 Å². The minimum atomic E-state index is -0.431. The van der Waals surface area contributed by atoms with E-state index in [1.165, 1.54) is 19.3 Å². The van der Waals surface area contributed by atoms with Crippen molar-refractivity contribution in [2.45, 2.75) is 71.1 Å². The van der Waals surface area contributed by atoms with E-state index in [2.05, 4.69) is 15.5 Å². The Labute approximate surface area is 201 Å². The molecule has 1 unspecified atom stereocenters. The molecule has 3 aliphatic rings. The summed E-state index contributed by atoms with van der Waals surface area (Å²) in [4.78, 5) is 40.3. The molecule has 2 aromatic rings. The van der Waals surface area contributed by atoms with E-state index >= 15 is 0 Å². The highest BCUT2D eigenvalue weighted by molar-refractivity contribution is 5.92. The number of amides is 2. The second-order valence-electron chi connectivity index (χ2n) is 10.4. The van der Waals surface area contributed by atoms with Crippen molar-refractivity contribution in [3.63, 3.8) is 0 Å². The number of para-hydroxylation sites is 1. The number of nitrogens with one attached hydrogen (secondary N) is 2. The van der Waals surface area contributed by atoms with Gasteiger partial charge in [0.1, 0.15) is 23.8 Å². The van der Waals surface area contributed by atoms with Crippen LogP contribution in [0.15, 0.2) is 24.3 Å². The van der Waals surface area contributed by atoms with Gasteiger partial charge in [-0.25, -0.2) is 9.97 Å². The van der Waals surface area contributed by atoms with Gasteiger partial charge >= 0.3 is 0 Å². The molecule has 1 aromatic carbocycles. The second-order valence-corrected chi connectivity index (χ2v) is 10.4. The topological polar surface area (TPSA) is 90.5 Å². The fourth-order valence-corrected chi connectivity index (χ4v) is 5.56. The standard InChI is InChI=1S/C26H36N6O2/c1-17(2)24-26(34)29-22-16-32(23(33)14-18-8-4-3-5-9-18)13-12-31(22)15-21-27-20-11-7-6-10-19(20)25(28-21)30-24/h6-7,10-11,17-18,22,24H,3-5,8-9,12-16H2,1-2H3,(H,29,34)(H,27,28,30)/t22?,24-/m0/s1. The summed E-state index contributed by atoms with van der Waals surface area (Å²) in [7, 11) is 0. The van der Waals surface area contributed by atoms with E-state index in [0.29, 0.717) is 44.3 Å². The van der Waals surface area contributed by atoms with Crippen LogP contribution in [-0.4, -0.2) is 63.4 Å². The molecule has 2 bridgehead atoms. The van der Waals surface area contributed by atoms with Gasteiger partial charge in [-0.15, -0.1) is 0 Å². The molecule has 2 aliphatic heterocycles. The summed E-state index contributed by atoms with van der Waals surface area (Å²) in [5.74, 6) is 2.17. The van der Waals surface area contributed by atoms with Crippen LogP contribution in [-0.2, 0) is 16.1 Å². The molecule has 0 spiro atoms. The first-order valence-electron chi connectivity index (χ1n) is 12.8. The summed E-state index contributed by atoms with van der Waals surface area (Å²) in [6.45, 7) is 6.46. The highest BCUT2D eigenvalue weighted by atomic mass is 16.2. The second kappa shape index (κ2) is 9.86. The lowest BCUT2D eigenvalue weighted by molar-refractivity contribution is -0.138. The van der Waals surface area contributed by atoms with Gasteiger partial charge < -0.3 is 15.5 Å². The van der Waals surface area contributed by atoms with Gasteiger partial charge in [-0.1, -0.05) is 45.2 Å². The molecule has 3 heterocycles. The molecule has 1 saturated heterocycles. The Bertz CT molecular complexity index is 1050. The van der Waals surface area contributed by atoms with Gasteiger partial charge in [0.05, 0.1) is 18.6 Å². The third-order valence-electron chi connectivity index (χ3n) is 7.58. The molecule has 2 atom stereocenters. The largest absolute Gasteiger partial charge is 0.358 e. The molecular weight excluding hydrogens is 428 g/mol. The molecule has 0 radical (unpaired) electrons. The quantitative estimate of drug-likeness (QED) is 0.725. The van der Waals surface area contributed by atoms with Crippen molar-refractivity contribution in [2.75, 3.05) is 25.0 Å². The van der Waals surface area contributed by atoms with Crippen molar-refractivity contribution < 1.29 is 9.59 Å². The van der Waals surface area contributed by atoms with E-state index in [9.17, 15) is 9.59 Å². The molecule has 1 aliphatic carbocycles. The maximum absolute atomic E-state index is 13.4. The summed E-state index contributed by atoms with van der Waals surface area (Å²) in [6.07, 6.45) is 6.47. The van der Waals surface area contributed by atoms with Crippen molar-refractivity contribution in [1.82, 2.24) is 25.1 Å². The third kappa shape index (κ3) is 4.87. The maximum Gasteiger partial charge on any atom is 0.244 e. The predicted octanol–water partition coefficient (Wildman–Crippen LogP) is 3.14. The number of rotatable bonds is 3. The Balaban J connectivity index is 1.40. The van der Waals surface area contributed by atoms with Crippen LogP contribution in [0, 0.1) is 11.8 Å². The average Bonchev–Trinajstić information content (AvgIpc) is 2.83. The first kappa shape index (κ1) is 23.0. The van der Waals surface area contributed by atoms with Crippen molar-refractivity contribution >= 4 is 28.5 Å². The number of anilines is 1. The molecule has 5 rings (SSSR count). The van der Waals surface area contributed by atoms with Crippen molar-refractivity contribution in [3.8, 4) is 0 Å². The number of carbonyl (C=O) groups excluding carboxylic acids is 2. The normalized spacial score (nSPS) is 24.4. The van der Waals surface area contributed by atoms with Gasteiger partial charge in [0.2, 0.25) is 11.8 Å². The van der Waals surface area contributed by atoms with E-state index in [-0.39, 0.29) is 23.9 Å². The molecule has 8 heteroatoms. The van der Waals surface area contributed by atoms with Gasteiger partial charge in [0, 0.05) is 24.9 Å². The third-order valence-corrected chi connectivity index (χ3v) is 7.58. The van der Waals surface area contributed by atoms with Crippen molar-refractivity contribution in [2.24, 2.45) is 11.8 Å². The Kier molecular flexibility index (Phi) is 6.68. The molecule has 2 fully saturated rings. The number of carbonyl (C=O) groups is 2. The maximum atomic E-state index is 13.4. The van der Waals surface area contributed by atoms with Crippen LogP contribution in [0.4, 0.5) is 5.82 Å². The van der Waals surface area contributed by atoms with Gasteiger partial charge in [-0.3, -0.25) is 14.5 Å². The molecule has 1 aromatic heterocycles. The highest BCUT2D eigenvalue weighted by Gasteiger charge is 2.35. The van der Waals surface area contributed by atoms with E-state index < -0.39 is 6.04 Å². The van der Waals surface area contributed by atoms with Gasteiger partial charge in [0.15, 0.2) is 0 Å². The highest BCUT2D eigenvalue weighted by Crippen LogP contribution is 2.28. The Morgan fingerprint density at radius 1 is 1.09 bits per heavy atom. The summed E-state index contributed by atoms with van der Waals surface area (Å²) in [6, 6.07) is 7.48. The molecular formula is C26H36N6O2. The summed E-state index contributed by atoms with van der Waals surface area (Å²) < 4.78 is 0. The fourth-order valence-electron chi connectivity index (χ4n) is 5.56. The molecule has 2 amide bonds. The van der Waals surface area contributed by atoms with Crippen LogP contribution in [0.5, 0.6) is 0 Å². The lowest BCUT2D eigenvalue weighted by atomic mass is 9.86. The van der Waals surface area contributed by atoms with Crippen LogP contribution in [0.3, 0.4) is 0 Å². The van der Waals surface area contributed by atoms with E-state index in [1.54, 1.807) is 0 Å². The van der Waals surface area contributed by atoms with Gasteiger partial charge in [-0.2, -0.15) is 0 Å². The van der Waals surface area contributed by atoms with Crippen LogP contribution in [0.25, 0.3) is 10.9 Å².